The van der Waals surface area contributed by atoms with E-state index >= 15 is 0 Å². The van der Waals surface area contributed by atoms with Gasteiger partial charge in [-0.25, -0.2) is 0 Å². The lowest BCUT2D eigenvalue weighted by Crippen LogP contribution is -2.34. The monoisotopic (exact) mass is 218 g/mol. The lowest BCUT2D eigenvalue weighted by atomic mass is 9.79. The molecule has 0 aliphatic heterocycles. The summed E-state index contributed by atoms with van der Waals surface area (Å²) in [7, 11) is 0. The number of benzene rings is 1. The number of hydrogen-bond donors (Lipinski definition) is 0. The third-order valence-electron chi connectivity index (χ3n) is 2.69. The highest BCUT2D eigenvalue weighted by molar-refractivity contribution is 5.83. The molecule has 0 aliphatic carbocycles. The van der Waals surface area contributed by atoms with Gasteiger partial charge in [0.2, 0.25) is 0 Å². The molecular weight excluding hydrogens is 200 g/mol. The number of esters is 1. The molecule has 0 bridgehead atoms. The summed E-state index contributed by atoms with van der Waals surface area (Å²) in [6, 6.07) is 9.68. The average molecular weight is 218 g/mol. The van der Waals surface area contributed by atoms with Gasteiger partial charge in [-0.05, 0) is 25.8 Å². The zero-order chi connectivity index (χ0) is 12.0. The van der Waals surface area contributed by atoms with E-state index < -0.39 is 5.41 Å². The van der Waals surface area contributed by atoms with Crippen LogP contribution in [0.5, 0.6) is 0 Å². The van der Waals surface area contributed by atoms with E-state index in [2.05, 4.69) is 6.58 Å². The van der Waals surface area contributed by atoms with Gasteiger partial charge in [-0.2, -0.15) is 0 Å². The smallest absolute Gasteiger partial charge is 0.316 e. The third-order valence-corrected chi connectivity index (χ3v) is 2.69. The minimum atomic E-state index is -0.626. The quantitative estimate of drug-likeness (QED) is 0.560. The van der Waals surface area contributed by atoms with Crippen LogP contribution in [0, 0.1) is 0 Å². The molecule has 1 atom stereocenters. The first kappa shape index (κ1) is 12.5. The Balaban J connectivity index is 3.05. The minimum absolute atomic E-state index is 0.193. The summed E-state index contributed by atoms with van der Waals surface area (Å²) in [5.74, 6) is -0.193. The highest BCUT2D eigenvalue weighted by Crippen LogP contribution is 2.29. The van der Waals surface area contributed by atoms with Gasteiger partial charge < -0.3 is 4.74 Å². The number of allylic oxidation sites excluding steroid dienone is 1. The number of carbonyl (C=O) groups excluding carboxylic acids is 1. The molecule has 2 heteroatoms. The summed E-state index contributed by atoms with van der Waals surface area (Å²) >= 11 is 0. The van der Waals surface area contributed by atoms with Gasteiger partial charge in [-0.3, -0.25) is 4.79 Å². The predicted molar refractivity (Wildman–Crippen MR) is 65.2 cm³/mol. The van der Waals surface area contributed by atoms with Gasteiger partial charge >= 0.3 is 5.97 Å². The number of rotatable bonds is 5. The zero-order valence-corrected chi connectivity index (χ0v) is 9.90. The van der Waals surface area contributed by atoms with E-state index in [1.807, 2.05) is 44.2 Å². The van der Waals surface area contributed by atoms with Crippen LogP contribution in [-0.4, -0.2) is 12.6 Å². The van der Waals surface area contributed by atoms with E-state index in [0.717, 1.165) is 5.56 Å². The molecular formula is C14H18O2. The second kappa shape index (κ2) is 5.50. The first-order chi connectivity index (χ1) is 7.65. The Morgan fingerprint density at radius 3 is 2.56 bits per heavy atom. The minimum Gasteiger partial charge on any atom is -0.465 e. The molecule has 1 unspecified atom stereocenters. The van der Waals surface area contributed by atoms with Crippen LogP contribution in [0.4, 0.5) is 0 Å². The van der Waals surface area contributed by atoms with Gasteiger partial charge in [0.05, 0.1) is 12.0 Å². The second-order valence-corrected chi connectivity index (χ2v) is 3.91. The standard InChI is InChI=1S/C14H18O2/c1-4-11-14(3,13(15)16-5-2)12-9-7-6-8-10-12/h4,6-10H,1,5,11H2,2-3H3. The fourth-order valence-corrected chi connectivity index (χ4v) is 1.70. The van der Waals surface area contributed by atoms with Crippen molar-refractivity contribution >= 4 is 5.97 Å². The average Bonchev–Trinajstić information content (AvgIpc) is 2.30. The molecule has 0 radical (unpaired) electrons. The van der Waals surface area contributed by atoms with E-state index in [1.165, 1.54) is 0 Å². The van der Waals surface area contributed by atoms with Crippen LogP contribution in [0.15, 0.2) is 43.0 Å². The Kier molecular flexibility index (Phi) is 4.29. The molecule has 16 heavy (non-hydrogen) atoms. The van der Waals surface area contributed by atoms with E-state index in [1.54, 1.807) is 6.08 Å². The van der Waals surface area contributed by atoms with Crippen LogP contribution in [-0.2, 0) is 14.9 Å². The Bertz CT molecular complexity index is 356. The lowest BCUT2D eigenvalue weighted by molar-refractivity contribution is -0.149. The third kappa shape index (κ3) is 2.51. The summed E-state index contributed by atoms with van der Waals surface area (Å²) < 4.78 is 5.13. The number of carbonyl (C=O) groups is 1. The number of hydrogen-bond acceptors (Lipinski definition) is 2. The Labute approximate surface area is 96.9 Å². The molecule has 2 nitrogen and oxygen atoms in total. The van der Waals surface area contributed by atoms with Gasteiger partial charge in [0, 0.05) is 0 Å². The van der Waals surface area contributed by atoms with Crippen molar-refractivity contribution in [3.63, 3.8) is 0 Å². The molecule has 0 heterocycles. The predicted octanol–water partition coefficient (Wildman–Crippen LogP) is 3.08. The fraction of sp³-hybridized carbons (Fsp3) is 0.357. The summed E-state index contributed by atoms with van der Waals surface area (Å²) in [6.07, 6.45) is 2.33. The highest BCUT2D eigenvalue weighted by Gasteiger charge is 2.35. The van der Waals surface area contributed by atoms with Crippen molar-refractivity contribution in [2.75, 3.05) is 6.61 Å². The summed E-state index contributed by atoms with van der Waals surface area (Å²) in [5.41, 5.74) is 0.340. The van der Waals surface area contributed by atoms with Crippen molar-refractivity contribution in [1.82, 2.24) is 0 Å². The van der Waals surface area contributed by atoms with Crippen molar-refractivity contribution in [3.05, 3.63) is 48.6 Å². The lowest BCUT2D eigenvalue weighted by Gasteiger charge is -2.26. The molecule has 1 aromatic rings. The molecule has 0 N–H and O–H groups in total. The van der Waals surface area contributed by atoms with Crippen molar-refractivity contribution in [3.8, 4) is 0 Å². The van der Waals surface area contributed by atoms with Crippen LogP contribution in [0.3, 0.4) is 0 Å². The van der Waals surface area contributed by atoms with Gasteiger partial charge in [0.15, 0.2) is 0 Å². The van der Waals surface area contributed by atoms with Crippen LogP contribution >= 0.6 is 0 Å². The Morgan fingerprint density at radius 1 is 1.44 bits per heavy atom. The zero-order valence-electron chi connectivity index (χ0n) is 9.90. The van der Waals surface area contributed by atoms with Crippen molar-refractivity contribution in [1.29, 1.82) is 0 Å². The second-order valence-electron chi connectivity index (χ2n) is 3.91. The van der Waals surface area contributed by atoms with E-state index in [0.29, 0.717) is 13.0 Å². The maximum atomic E-state index is 12.0. The maximum absolute atomic E-state index is 12.0. The van der Waals surface area contributed by atoms with Crippen molar-refractivity contribution in [2.24, 2.45) is 0 Å². The fourth-order valence-electron chi connectivity index (χ4n) is 1.70. The van der Waals surface area contributed by atoms with E-state index in [4.69, 9.17) is 4.74 Å². The molecule has 0 amide bonds. The van der Waals surface area contributed by atoms with Crippen molar-refractivity contribution in [2.45, 2.75) is 25.7 Å². The van der Waals surface area contributed by atoms with Gasteiger partial charge in [-0.15, -0.1) is 6.58 Å². The van der Waals surface area contributed by atoms with Crippen LogP contribution < -0.4 is 0 Å². The van der Waals surface area contributed by atoms with Gasteiger partial charge in [-0.1, -0.05) is 36.4 Å². The van der Waals surface area contributed by atoms with Gasteiger partial charge in [0.1, 0.15) is 0 Å². The number of ether oxygens (including phenoxy) is 1. The highest BCUT2D eigenvalue weighted by atomic mass is 16.5. The molecule has 1 aromatic carbocycles. The summed E-state index contributed by atoms with van der Waals surface area (Å²) in [4.78, 5) is 12.0. The van der Waals surface area contributed by atoms with Gasteiger partial charge in [0.25, 0.3) is 0 Å². The summed E-state index contributed by atoms with van der Waals surface area (Å²) in [5, 5.41) is 0. The first-order valence-electron chi connectivity index (χ1n) is 5.48. The molecule has 1 rings (SSSR count). The topological polar surface area (TPSA) is 26.3 Å². The molecule has 0 fully saturated rings. The first-order valence-corrected chi connectivity index (χ1v) is 5.48. The normalized spacial score (nSPS) is 13.9. The van der Waals surface area contributed by atoms with Crippen LogP contribution in [0.1, 0.15) is 25.8 Å². The molecule has 0 spiro atoms. The van der Waals surface area contributed by atoms with E-state index in [-0.39, 0.29) is 5.97 Å². The largest absolute Gasteiger partial charge is 0.465 e. The molecule has 0 aromatic heterocycles. The molecule has 0 saturated carbocycles. The Morgan fingerprint density at radius 2 is 2.06 bits per heavy atom. The molecule has 86 valence electrons. The van der Waals surface area contributed by atoms with Crippen LogP contribution in [0.25, 0.3) is 0 Å². The summed E-state index contributed by atoms with van der Waals surface area (Å²) in [6.45, 7) is 7.81. The van der Waals surface area contributed by atoms with Crippen LogP contribution in [0.2, 0.25) is 0 Å². The molecule has 0 saturated heterocycles. The SMILES string of the molecule is C=CCC(C)(C(=O)OCC)c1ccccc1. The van der Waals surface area contributed by atoms with Crippen molar-refractivity contribution < 1.29 is 9.53 Å². The Hall–Kier alpha value is -1.57. The maximum Gasteiger partial charge on any atom is 0.316 e. The molecule has 0 aliphatic rings. The van der Waals surface area contributed by atoms with E-state index in [9.17, 15) is 4.79 Å².